The maximum Gasteiger partial charge on any atom is 0.285 e. The molecule has 6 heteroatoms. The summed E-state index contributed by atoms with van der Waals surface area (Å²) < 4.78 is 0.413. The Labute approximate surface area is 105 Å². The SMILES string of the molecule is C=CC(Br)=N/C(C(=O)NN)=C(\C)N.CCC. The number of halogens is 1. The Morgan fingerprint density at radius 1 is 1.56 bits per heavy atom. The molecule has 0 saturated carbocycles. The van der Waals surface area contributed by atoms with E-state index in [1.165, 1.54) is 12.5 Å². The molecule has 0 aliphatic carbocycles. The van der Waals surface area contributed by atoms with E-state index in [1.807, 2.05) is 5.43 Å². The summed E-state index contributed by atoms with van der Waals surface area (Å²) in [6.07, 6.45) is 2.69. The Bertz CT molecular complexity index is 293. The molecule has 0 heterocycles. The molecular formula is C10H19BrN4O. The Balaban J connectivity index is 0. The highest BCUT2D eigenvalue weighted by molar-refractivity contribution is 9.18. The van der Waals surface area contributed by atoms with Crippen LogP contribution in [0.4, 0.5) is 0 Å². The lowest BCUT2D eigenvalue weighted by atomic mass is 10.3. The topological polar surface area (TPSA) is 93.5 Å². The molecule has 5 nitrogen and oxygen atoms in total. The summed E-state index contributed by atoms with van der Waals surface area (Å²) >= 11 is 3.06. The fourth-order valence-corrected chi connectivity index (χ4v) is 0.716. The van der Waals surface area contributed by atoms with Crippen LogP contribution in [0.25, 0.3) is 0 Å². The van der Waals surface area contributed by atoms with Crippen molar-refractivity contribution in [2.45, 2.75) is 27.2 Å². The second kappa shape index (κ2) is 10.4. The van der Waals surface area contributed by atoms with Crippen molar-refractivity contribution in [1.82, 2.24) is 5.43 Å². The van der Waals surface area contributed by atoms with E-state index in [1.54, 1.807) is 6.92 Å². The molecule has 0 aliphatic rings. The number of amides is 1. The van der Waals surface area contributed by atoms with Gasteiger partial charge in [-0.25, -0.2) is 10.8 Å². The van der Waals surface area contributed by atoms with Crippen molar-refractivity contribution < 1.29 is 4.79 Å². The van der Waals surface area contributed by atoms with Gasteiger partial charge in [-0.2, -0.15) is 0 Å². The molecule has 0 aromatic rings. The van der Waals surface area contributed by atoms with Crippen LogP contribution in [-0.2, 0) is 4.79 Å². The van der Waals surface area contributed by atoms with Crippen LogP contribution in [0.15, 0.2) is 29.0 Å². The summed E-state index contributed by atoms with van der Waals surface area (Å²) in [7, 11) is 0. The van der Waals surface area contributed by atoms with Crippen molar-refractivity contribution in [2.24, 2.45) is 16.6 Å². The van der Waals surface area contributed by atoms with E-state index < -0.39 is 5.91 Å². The largest absolute Gasteiger partial charge is 0.400 e. The fourth-order valence-electron chi connectivity index (χ4n) is 0.539. The van der Waals surface area contributed by atoms with Crippen LogP contribution in [-0.4, -0.2) is 10.5 Å². The second-order valence-electron chi connectivity index (χ2n) is 2.85. The summed E-state index contributed by atoms with van der Waals surface area (Å²) in [5, 5.41) is 0. The first kappa shape index (κ1) is 17.3. The van der Waals surface area contributed by atoms with E-state index in [2.05, 4.69) is 41.3 Å². The van der Waals surface area contributed by atoms with Gasteiger partial charge in [0.1, 0.15) is 10.3 Å². The summed E-state index contributed by atoms with van der Waals surface area (Å²) in [6, 6.07) is 0. The first-order chi connectivity index (χ1) is 7.44. The minimum absolute atomic E-state index is 0.0641. The third kappa shape index (κ3) is 8.19. The molecule has 0 rings (SSSR count). The van der Waals surface area contributed by atoms with Gasteiger partial charge < -0.3 is 5.73 Å². The van der Waals surface area contributed by atoms with Gasteiger partial charge in [-0.1, -0.05) is 26.8 Å². The van der Waals surface area contributed by atoms with Crippen LogP contribution in [0.5, 0.6) is 0 Å². The second-order valence-corrected chi connectivity index (χ2v) is 3.66. The Morgan fingerprint density at radius 2 is 2.00 bits per heavy atom. The number of carbonyl (C=O) groups is 1. The molecule has 0 fully saturated rings. The molecule has 0 aromatic carbocycles. The number of carbonyl (C=O) groups excluding carboxylic acids is 1. The molecule has 0 radical (unpaired) electrons. The molecule has 92 valence electrons. The molecule has 0 bridgehead atoms. The summed E-state index contributed by atoms with van der Waals surface area (Å²) in [6.45, 7) is 9.26. The number of nitrogens with two attached hydrogens (primary N) is 2. The average molecular weight is 291 g/mol. The van der Waals surface area contributed by atoms with Crippen LogP contribution in [0.2, 0.25) is 0 Å². The van der Waals surface area contributed by atoms with Crippen LogP contribution in [0.1, 0.15) is 27.2 Å². The van der Waals surface area contributed by atoms with Gasteiger partial charge in [0, 0.05) is 5.70 Å². The molecular weight excluding hydrogens is 272 g/mol. The number of nitrogens with zero attached hydrogens (tertiary/aromatic N) is 1. The van der Waals surface area contributed by atoms with Gasteiger partial charge in [-0.05, 0) is 28.9 Å². The van der Waals surface area contributed by atoms with E-state index in [9.17, 15) is 4.79 Å². The van der Waals surface area contributed by atoms with Gasteiger partial charge in [-0.3, -0.25) is 10.2 Å². The zero-order valence-electron chi connectivity index (χ0n) is 9.88. The van der Waals surface area contributed by atoms with Crippen molar-refractivity contribution in [2.75, 3.05) is 0 Å². The number of aliphatic imine (C=N–C) groups is 1. The first-order valence-electron chi connectivity index (χ1n) is 4.78. The molecule has 0 aliphatic heterocycles. The molecule has 0 spiro atoms. The summed E-state index contributed by atoms with van der Waals surface area (Å²) in [5.41, 5.74) is 7.70. The molecule has 0 aromatic heterocycles. The van der Waals surface area contributed by atoms with Crippen LogP contribution >= 0.6 is 15.9 Å². The zero-order chi connectivity index (χ0) is 13.1. The monoisotopic (exact) mass is 290 g/mol. The van der Waals surface area contributed by atoms with E-state index in [-0.39, 0.29) is 11.4 Å². The normalized spacial score (nSPS) is 11.9. The lowest BCUT2D eigenvalue weighted by molar-refractivity contribution is -0.117. The molecule has 1 amide bonds. The smallest absolute Gasteiger partial charge is 0.285 e. The molecule has 0 unspecified atom stereocenters. The van der Waals surface area contributed by atoms with Crippen molar-refractivity contribution >= 4 is 26.5 Å². The third-order valence-electron chi connectivity index (χ3n) is 1.11. The van der Waals surface area contributed by atoms with Crippen molar-refractivity contribution in [3.63, 3.8) is 0 Å². The highest BCUT2D eigenvalue weighted by atomic mass is 79.9. The average Bonchev–Trinajstić information content (AvgIpc) is 2.25. The minimum Gasteiger partial charge on any atom is -0.400 e. The maximum absolute atomic E-state index is 11.1. The lowest BCUT2D eigenvalue weighted by Gasteiger charge is -2.02. The number of hydrogen-bond donors (Lipinski definition) is 3. The molecule has 16 heavy (non-hydrogen) atoms. The van der Waals surface area contributed by atoms with E-state index in [0.29, 0.717) is 4.62 Å². The number of allylic oxidation sites excluding steroid dienone is 2. The van der Waals surface area contributed by atoms with Crippen LogP contribution in [0.3, 0.4) is 0 Å². The van der Waals surface area contributed by atoms with Gasteiger partial charge in [0.25, 0.3) is 5.91 Å². The predicted molar refractivity (Wildman–Crippen MR) is 71.7 cm³/mol. The molecule has 5 N–H and O–H groups in total. The van der Waals surface area contributed by atoms with E-state index >= 15 is 0 Å². The number of hydrogen-bond acceptors (Lipinski definition) is 4. The van der Waals surface area contributed by atoms with Crippen molar-refractivity contribution in [3.05, 3.63) is 24.0 Å². The quantitative estimate of drug-likeness (QED) is 0.242. The van der Waals surface area contributed by atoms with Crippen molar-refractivity contribution in [1.29, 1.82) is 0 Å². The third-order valence-corrected chi connectivity index (χ3v) is 1.61. The number of nitrogens with one attached hydrogen (secondary N) is 1. The van der Waals surface area contributed by atoms with Crippen LogP contribution < -0.4 is 17.0 Å². The lowest BCUT2D eigenvalue weighted by Crippen LogP contribution is -2.32. The summed E-state index contributed by atoms with van der Waals surface area (Å²) in [4.78, 5) is 14.9. The standard InChI is InChI=1S/C7H11BrN4O.C3H8/c1-3-5(8)11-6(4(2)9)7(13)12-10;1-3-2/h3H,1,9-10H2,2H3,(H,12,13);3H2,1-2H3/b6-4+,11-5?;. The van der Waals surface area contributed by atoms with Gasteiger partial charge in [0.05, 0.1) is 0 Å². The molecule has 0 saturated heterocycles. The Kier molecular flexibility index (Phi) is 11.2. The highest BCUT2D eigenvalue weighted by Crippen LogP contribution is 2.04. The Hall–Kier alpha value is -1.14. The minimum atomic E-state index is -0.543. The zero-order valence-corrected chi connectivity index (χ0v) is 11.5. The predicted octanol–water partition coefficient (Wildman–Crippen LogP) is 1.56. The summed E-state index contributed by atoms with van der Waals surface area (Å²) in [5.74, 6) is 4.39. The highest BCUT2D eigenvalue weighted by Gasteiger charge is 2.08. The van der Waals surface area contributed by atoms with Gasteiger partial charge in [0.2, 0.25) is 0 Å². The number of hydrazine groups is 1. The number of rotatable bonds is 3. The Morgan fingerprint density at radius 3 is 2.25 bits per heavy atom. The maximum atomic E-state index is 11.1. The van der Waals surface area contributed by atoms with E-state index in [0.717, 1.165) is 0 Å². The first-order valence-corrected chi connectivity index (χ1v) is 5.57. The molecule has 0 atom stereocenters. The van der Waals surface area contributed by atoms with Gasteiger partial charge in [0.15, 0.2) is 0 Å². The van der Waals surface area contributed by atoms with Gasteiger partial charge >= 0.3 is 0 Å². The van der Waals surface area contributed by atoms with Gasteiger partial charge in [-0.15, -0.1) is 0 Å². The van der Waals surface area contributed by atoms with E-state index in [4.69, 9.17) is 11.6 Å². The van der Waals surface area contributed by atoms with Crippen LogP contribution in [0, 0.1) is 0 Å². The van der Waals surface area contributed by atoms with Crippen molar-refractivity contribution in [3.8, 4) is 0 Å². The fraction of sp³-hybridized carbons (Fsp3) is 0.400.